The molecule has 1 aliphatic carbocycles. The van der Waals surface area contributed by atoms with Gasteiger partial charge < -0.3 is 5.32 Å². The van der Waals surface area contributed by atoms with Gasteiger partial charge in [0.2, 0.25) is 5.91 Å². The van der Waals surface area contributed by atoms with Gasteiger partial charge in [-0.15, -0.1) is 0 Å². The Labute approximate surface area is 66.7 Å². The highest BCUT2D eigenvalue weighted by atomic mass is 16.1. The summed E-state index contributed by atoms with van der Waals surface area (Å²) in [6.45, 7) is 0. The first-order chi connectivity index (χ1) is 5.36. The number of hydrogen-bond donors (Lipinski definition) is 1. The van der Waals surface area contributed by atoms with Gasteiger partial charge >= 0.3 is 0 Å². The zero-order valence-corrected chi connectivity index (χ0v) is 6.55. The summed E-state index contributed by atoms with van der Waals surface area (Å²) in [4.78, 5) is 11.0. The number of rotatable bonds is 0. The van der Waals surface area contributed by atoms with E-state index in [1.165, 1.54) is 0 Å². The summed E-state index contributed by atoms with van der Waals surface area (Å²) in [7, 11) is 0. The van der Waals surface area contributed by atoms with Gasteiger partial charge in [-0.2, -0.15) is 0 Å². The Hall–Kier alpha value is -0.790. The standard InChI is InChI=1S/C9H13NO/c11-9-6-5-7-3-1-2-4-8(7)10-9/h1-2,7-8H,3-6H2,(H,10,11)/t7-,8+/m0/s1. The summed E-state index contributed by atoms with van der Waals surface area (Å²) in [5.74, 6) is 0.958. The quantitative estimate of drug-likeness (QED) is 0.518. The Balaban J connectivity index is 2.06. The van der Waals surface area contributed by atoms with E-state index >= 15 is 0 Å². The molecule has 0 aromatic carbocycles. The lowest BCUT2D eigenvalue weighted by Crippen LogP contribution is -2.45. The van der Waals surface area contributed by atoms with E-state index in [-0.39, 0.29) is 5.91 Å². The van der Waals surface area contributed by atoms with Crippen LogP contribution in [0.15, 0.2) is 12.2 Å². The second-order valence-electron chi connectivity index (χ2n) is 3.42. The van der Waals surface area contributed by atoms with Crippen LogP contribution in [0.5, 0.6) is 0 Å². The molecular formula is C9H13NO. The van der Waals surface area contributed by atoms with E-state index in [0.717, 1.165) is 31.6 Å². The molecule has 0 saturated carbocycles. The minimum atomic E-state index is 0.238. The van der Waals surface area contributed by atoms with Gasteiger partial charge in [0.15, 0.2) is 0 Å². The van der Waals surface area contributed by atoms with Crippen molar-refractivity contribution in [3.8, 4) is 0 Å². The maximum atomic E-state index is 11.0. The van der Waals surface area contributed by atoms with Crippen LogP contribution in [0.2, 0.25) is 0 Å². The first-order valence-corrected chi connectivity index (χ1v) is 4.30. The van der Waals surface area contributed by atoms with Crippen molar-refractivity contribution in [2.75, 3.05) is 0 Å². The molecule has 2 aliphatic rings. The van der Waals surface area contributed by atoms with E-state index in [2.05, 4.69) is 17.5 Å². The van der Waals surface area contributed by atoms with E-state index < -0.39 is 0 Å². The number of piperidine rings is 1. The van der Waals surface area contributed by atoms with E-state index in [1.54, 1.807) is 0 Å². The van der Waals surface area contributed by atoms with E-state index in [1.807, 2.05) is 0 Å². The van der Waals surface area contributed by atoms with Crippen LogP contribution in [0.3, 0.4) is 0 Å². The predicted molar refractivity (Wildman–Crippen MR) is 43.0 cm³/mol. The van der Waals surface area contributed by atoms with Crippen LogP contribution >= 0.6 is 0 Å². The van der Waals surface area contributed by atoms with Gasteiger partial charge in [0.1, 0.15) is 0 Å². The maximum Gasteiger partial charge on any atom is 0.220 e. The van der Waals surface area contributed by atoms with Crippen LogP contribution in [0.1, 0.15) is 25.7 Å². The van der Waals surface area contributed by atoms with E-state index in [9.17, 15) is 4.79 Å². The van der Waals surface area contributed by atoms with Crippen molar-refractivity contribution >= 4 is 5.91 Å². The van der Waals surface area contributed by atoms with Crippen LogP contribution in [0.4, 0.5) is 0 Å². The second-order valence-corrected chi connectivity index (χ2v) is 3.42. The molecule has 1 amide bonds. The van der Waals surface area contributed by atoms with Crippen LogP contribution < -0.4 is 5.32 Å². The molecule has 0 radical (unpaired) electrons. The van der Waals surface area contributed by atoms with Crippen LogP contribution in [-0.4, -0.2) is 11.9 Å². The minimum Gasteiger partial charge on any atom is -0.353 e. The summed E-state index contributed by atoms with van der Waals surface area (Å²) >= 11 is 0. The van der Waals surface area contributed by atoms with Crippen molar-refractivity contribution in [1.29, 1.82) is 0 Å². The number of nitrogens with one attached hydrogen (secondary N) is 1. The third kappa shape index (κ3) is 1.30. The fourth-order valence-corrected chi connectivity index (χ4v) is 1.96. The van der Waals surface area contributed by atoms with Gasteiger partial charge in [-0.1, -0.05) is 12.2 Å². The summed E-state index contributed by atoms with van der Waals surface area (Å²) in [5.41, 5.74) is 0. The number of carbonyl (C=O) groups excluding carboxylic acids is 1. The van der Waals surface area contributed by atoms with Crippen molar-refractivity contribution in [2.45, 2.75) is 31.7 Å². The number of fused-ring (bicyclic) bond motifs is 1. The Morgan fingerprint density at radius 3 is 3.09 bits per heavy atom. The number of hydrogen-bond acceptors (Lipinski definition) is 1. The molecule has 2 nitrogen and oxygen atoms in total. The summed E-state index contributed by atoms with van der Waals surface area (Å²) in [6.07, 6.45) is 8.42. The molecule has 1 aliphatic heterocycles. The molecule has 0 bridgehead atoms. The first-order valence-electron chi connectivity index (χ1n) is 4.30. The molecule has 1 saturated heterocycles. The summed E-state index contributed by atoms with van der Waals surface area (Å²) in [6, 6.07) is 0.446. The Kier molecular flexibility index (Phi) is 1.68. The smallest absolute Gasteiger partial charge is 0.220 e. The van der Waals surface area contributed by atoms with Crippen LogP contribution in [0.25, 0.3) is 0 Å². The first kappa shape index (κ1) is 6.89. The third-order valence-electron chi connectivity index (χ3n) is 2.65. The molecule has 1 N–H and O–H groups in total. The molecule has 60 valence electrons. The molecule has 0 aromatic heterocycles. The Morgan fingerprint density at radius 2 is 2.18 bits per heavy atom. The van der Waals surface area contributed by atoms with E-state index in [0.29, 0.717) is 6.04 Å². The second kappa shape index (κ2) is 2.68. The molecule has 2 heteroatoms. The lowest BCUT2D eigenvalue weighted by molar-refractivity contribution is -0.124. The van der Waals surface area contributed by atoms with Gasteiger partial charge in [-0.25, -0.2) is 0 Å². The summed E-state index contributed by atoms with van der Waals surface area (Å²) < 4.78 is 0. The molecule has 2 rings (SSSR count). The average molecular weight is 151 g/mol. The molecule has 0 aromatic rings. The van der Waals surface area contributed by atoms with Crippen molar-refractivity contribution in [1.82, 2.24) is 5.32 Å². The molecule has 1 fully saturated rings. The average Bonchev–Trinajstić information content (AvgIpc) is 2.04. The summed E-state index contributed by atoms with van der Waals surface area (Å²) in [5, 5.41) is 3.03. The maximum absolute atomic E-state index is 11.0. The van der Waals surface area contributed by atoms with Crippen LogP contribution in [-0.2, 0) is 4.79 Å². The lowest BCUT2D eigenvalue weighted by Gasteiger charge is -2.33. The monoisotopic (exact) mass is 151 g/mol. The molecule has 2 atom stereocenters. The fraction of sp³-hybridized carbons (Fsp3) is 0.667. The van der Waals surface area contributed by atoms with Crippen molar-refractivity contribution in [3.63, 3.8) is 0 Å². The molecule has 0 unspecified atom stereocenters. The molecule has 0 spiro atoms. The van der Waals surface area contributed by atoms with Gasteiger partial charge in [-0.05, 0) is 25.2 Å². The van der Waals surface area contributed by atoms with Crippen LogP contribution in [0, 0.1) is 5.92 Å². The highest BCUT2D eigenvalue weighted by Gasteiger charge is 2.28. The van der Waals surface area contributed by atoms with Gasteiger partial charge in [-0.3, -0.25) is 4.79 Å². The minimum absolute atomic E-state index is 0.238. The Bertz CT molecular complexity index is 198. The SMILES string of the molecule is O=C1CC[C@@H]2CC=CC[C@H]2N1. The fourth-order valence-electron chi connectivity index (χ4n) is 1.96. The third-order valence-corrected chi connectivity index (χ3v) is 2.65. The van der Waals surface area contributed by atoms with Gasteiger partial charge in [0, 0.05) is 12.5 Å². The largest absolute Gasteiger partial charge is 0.353 e. The highest BCUT2D eigenvalue weighted by molar-refractivity contribution is 5.77. The van der Waals surface area contributed by atoms with Crippen molar-refractivity contribution in [2.24, 2.45) is 5.92 Å². The van der Waals surface area contributed by atoms with Crippen molar-refractivity contribution < 1.29 is 4.79 Å². The van der Waals surface area contributed by atoms with E-state index in [4.69, 9.17) is 0 Å². The van der Waals surface area contributed by atoms with Crippen molar-refractivity contribution in [3.05, 3.63) is 12.2 Å². The predicted octanol–water partition coefficient (Wildman–Crippen LogP) is 1.23. The van der Waals surface area contributed by atoms with Gasteiger partial charge in [0.25, 0.3) is 0 Å². The number of amides is 1. The normalized spacial score (nSPS) is 36.2. The molecule has 1 heterocycles. The number of allylic oxidation sites excluding steroid dienone is 1. The van der Waals surface area contributed by atoms with Gasteiger partial charge in [0.05, 0.1) is 0 Å². The topological polar surface area (TPSA) is 29.1 Å². The highest BCUT2D eigenvalue weighted by Crippen LogP contribution is 2.26. The molecular weight excluding hydrogens is 138 g/mol. The zero-order valence-electron chi connectivity index (χ0n) is 6.55. The molecule has 11 heavy (non-hydrogen) atoms. The zero-order chi connectivity index (χ0) is 7.68. The Morgan fingerprint density at radius 1 is 1.36 bits per heavy atom. The lowest BCUT2D eigenvalue weighted by atomic mass is 9.83. The number of carbonyl (C=O) groups is 1.